The van der Waals surface area contributed by atoms with Crippen molar-refractivity contribution in [2.75, 3.05) is 25.4 Å². The lowest BCUT2D eigenvalue weighted by Gasteiger charge is -2.03. The highest BCUT2D eigenvalue weighted by Gasteiger charge is 1.92. The summed E-state index contributed by atoms with van der Waals surface area (Å²) >= 11 is 4.21. The lowest BCUT2D eigenvalue weighted by atomic mass is 10.1. The summed E-state index contributed by atoms with van der Waals surface area (Å²) in [4.78, 5) is 0. The van der Waals surface area contributed by atoms with Gasteiger partial charge in [-0.2, -0.15) is 12.6 Å². The maximum Gasteiger partial charge on any atom is 0.00745 e. The highest BCUT2D eigenvalue weighted by molar-refractivity contribution is 7.80. The molecule has 0 amide bonds. The molecule has 0 rings (SSSR count). The van der Waals surface area contributed by atoms with Gasteiger partial charge in [0, 0.05) is 13.1 Å². The van der Waals surface area contributed by atoms with Crippen LogP contribution in [0.1, 0.15) is 57.8 Å². The first-order valence-corrected chi connectivity index (χ1v) is 7.56. The molecule has 3 heteroatoms. The Bertz CT molecular complexity index is 107. The predicted molar refractivity (Wildman–Crippen MR) is 77.3 cm³/mol. The molecular weight excluding hydrogens is 216 g/mol. The average Bonchev–Trinajstić information content (AvgIpc) is 2.31. The van der Waals surface area contributed by atoms with Crippen LogP contribution in [0.2, 0.25) is 0 Å². The molecule has 0 unspecified atom stereocenters. The fourth-order valence-corrected chi connectivity index (χ4v) is 2.05. The van der Waals surface area contributed by atoms with Crippen molar-refractivity contribution in [2.45, 2.75) is 57.8 Å². The molecule has 0 saturated carbocycles. The highest BCUT2D eigenvalue weighted by atomic mass is 32.1. The van der Waals surface area contributed by atoms with E-state index in [4.69, 9.17) is 5.73 Å². The van der Waals surface area contributed by atoms with E-state index in [-0.39, 0.29) is 0 Å². The third kappa shape index (κ3) is 14.3. The Labute approximate surface area is 107 Å². The van der Waals surface area contributed by atoms with Gasteiger partial charge in [0.05, 0.1) is 0 Å². The number of thiol groups is 1. The molecule has 0 radical (unpaired) electrons. The predicted octanol–water partition coefficient (Wildman–Crippen LogP) is 2.98. The van der Waals surface area contributed by atoms with Crippen molar-refractivity contribution in [3.05, 3.63) is 0 Å². The topological polar surface area (TPSA) is 38.0 Å². The Hall–Kier alpha value is 0.270. The van der Waals surface area contributed by atoms with E-state index in [1.807, 2.05) is 0 Å². The van der Waals surface area contributed by atoms with Crippen LogP contribution < -0.4 is 11.1 Å². The average molecular weight is 246 g/mol. The minimum Gasteiger partial charge on any atom is -0.329 e. The SMILES string of the molecule is NCCNCCCCCCCCCCCS. The monoisotopic (exact) mass is 246 g/mol. The largest absolute Gasteiger partial charge is 0.329 e. The zero-order valence-corrected chi connectivity index (χ0v) is 11.6. The van der Waals surface area contributed by atoms with Crippen LogP contribution in [0, 0.1) is 0 Å². The van der Waals surface area contributed by atoms with Crippen LogP contribution >= 0.6 is 12.6 Å². The zero-order chi connectivity index (χ0) is 11.9. The van der Waals surface area contributed by atoms with Gasteiger partial charge in [-0.25, -0.2) is 0 Å². The smallest absolute Gasteiger partial charge is 0.00745 e. The van der Waals surface area contributed by atoms with Crippen molar-refractivity contribution >= 4 is 12.6 Å². The van der Waals surface area contributed by atoms with Gasteiger partial charge in [-0.1, -0.05) is 44.9 Å². The summed E-state index contributed by atoms with van der Waals surface area (Å²) in [5.74, 6) is 1.05. The Kier molecular flexibility index (Phi) is 15.5. The van der Waals surface area contributed by atoms with Crippen LogP contribution in [0.5, 0.6) is 0 Å². The molecular formula is C13H30N2S. The lowest BCUT2D eigenvalue weighted by Crippen LogP contribution is -2.23. The summed E-state index contributed by atoms with van der Waals surface area (Å²) in [6, 6.07) is 0. The first-order chi connectivity index (χ1) is 7.91. The molecule has 0 aliphatic heterocycles. The molecule has 0 bridgehead atoms. The third-order valence-electron chi connectivity index (χ3n) is 2.83. The van der Waals surface area contributed by atoms with E-state index in [1.165, 1.54) is 57.8 Å². The van der Waals surface area contributed by atoms with Crippen LogP contribution in [-0.2, 0) is 0 Å². The minimum absolute atomic E-state index is 0.756. The van der Waals surface area contributed by atoms with Crippen LogP contribution in [0.3, 0.4) is 0 Å². The van der Waals surface area contributed by atoms with Gasteiger partial charge < -0.3 is 11.1 Å². The first-order valence-electron chi connectivity index (χ1n) is 6.93. The van der Waals surface area contributed by atoms with Crippen LogP contribution in [0.4, 0.5) is 0 Å². The van der Waals surface area contributed by atoms with E-state index in [0.717, 1.165) is 25.4 Å². The van der Waals surface area contributed by atoms with Gasteiger partial charge in [0.1, 0.15) is 0 Å². The summed E-state index contributed by atoms with van der Waals surface area (Å²) < 4.78 is 0. The molecule has 0 aliphatic carbocycles. The zero-order valence-electron chi connectivity index (χ0n) is 10.7. The van der Waals surface area contributed by atoms with Crippen molar-refractivity contribution in [1.82, 2.24) is 5.32 Å². The number of unbranched alkanes of at least 4 members (excludes halogenated alkanes) is 8. The molecule has 0 heterocycles. The van der Waals surface area contributed by atoms with Gasteiger partial charge in [-0.05, 0) is 25.1 Å². The van der Waals surface area contributed by atoms with E-state index in [2.05, 4.69) is 17.9 Å². The summed E-state index contributed by atoms with van der Waals surface area (Å²) in [7, 11) is 0. The second-order valence-electron chi connectivity index (χ2n) is 4.44. The summed E-state index contributed by atoms with van der Waals surface area (Å²) in [6.07, 6.45) is 12.4. The van der Waals surface area contributed by atoms with E-state index < -0.39 is 0 Å². The van der Waals surface area contributed by atoms with Crippen LogP contribution in [0.25, 0.3) is 0 Å². The molecule has 0 aromatic heterocycles. The molecule has 0 atom stereocenters. The van der Waals surface area contributed by atoms with E-state index >= 15 is 0 Å². The molecule has 3 N–H and O–H groups in total. The van der Waals surface area contributed by atoms with Crippen molar-refractivity contribution in [3.8, 4) is 0 Å². The summed E-state index contributed by atoms with van der Waals surface area (Å²) in [5, 5.41) is 3.33. The fraction of sp³-hybridized carbons (Fsp3) is 1.00. The second-order valence-corrected chi connectivity index (χ2v) is 4.89. The molecule has 0 saturated heterocycles. The fourth-order valence-electron chi connectivity index (χ4n) is 1.83. The van der Waals surface area contributed by atoms with Gasteiger partial charge in [0.2, 0.25) is 0 Å². The molecule has 98 valence electrons. The van der Waals surface area contributed by atoms with E-state index in [1.54, 1.807) is 0 Å². The van der Waals surface area contributed by atoms with Gasteiger partial charge >= 0.3 is 0 Å². The summed E-state index contributed by atoms with van der Waals surface area (Å²) in [6.45, 7) is 2.86. The first kappa shape index (κ1) is 16.3. The Morgan fingerprint density at radius 3 is 1.69 bits per heavy atom. The van der Waals surface area contributed by atoms with Crippen molar-refractivity contribution in [1.29, 1.82) is 0 Å². The van der Waals surface area contributed by atoms with Crippen LogP contribution in [-0.4, -0.2) is 25.4 Å². The Morgan fingerprint density at radius 1 is 0.688 bits per heavy atom. The van der Waals surface area contributed by atoms with Gasteiger partial charge in [-0.3, -0.25) is 0 Å². The number of hydrogen-bond donors (Lipinski definition) is 3. The molecule has 0 aromatic rings. The lowest BCUT2D eigenvalue weighted by molar-refractivity contribution is 0.551. The molecule has 0 fully saturated rings. The summed E-state index contributed by atoms with van der Waals surface area (Å²) in [5.41, 5.74) is 5.39. The van der Waals surface area contributed by atoms with Crippen LogP contribution in [0.15, 0.2) is 0 Å². The Balaban J connectivity index is 2.83. The maximum absolute atomic E-state index is 5.39. The van der Waals surface area contributed by atoms with Crippen molar-refractivity contribution < 1.29 is 0 Å². The minimum atomic E-state index is 0.756. The number of nitrogens with two attached hydrogens (primary N) is 1. The molecule has 0 spiro atoms. The normalized spacial score (nSPS) is 10.9. The molecule has 0 aliphatic rings. The number of hydrogen-bond acceptors (Lipinski definition) is 3. The van der Waals surface area contributed by atoms with Crippen molar-refractivity contribution in [3.63, 3.8) is 0 Å². The number of rotatable bonds is 13. The van der Waals surface area contributed by atoms with Gasteiger partial charge in [-0.15, -0.1) is 0 Å². The van der Waals surface area contributed by atoms with E-state index in [9.17, 15) is 0 Å². The Morgan fingerprint density at radius 2 is 1.19 bits per heavy atom. The third-order valence-corrected chi connectivity index (χ3v) is 3.15. The number of nitrogens with one attached hydrogen (secondary N) is 1. The second kappa shape index (κ2) is 15.3. The highest BCUT2D eigenvalue weighted by Crippen LogP contribution is 2.09. The van der Waals surface area contributed by atoms with Gasteiger partial charge in [0.15, 0.2) is 0 Å². The standard InChI is InChI=1S/C13H30N2S/c14-10-12-15-11-8-6-4-2-1-3-5-7-9-13-16/h15-16H,1-14H2. The van der Waals surface area contributed by atoms with Gasteiger partial charge in [0.25, 0.3) is 0 Å². The molecule has 0 aromatic carbocycles. The quantitative estimate of drug-likeness (QED) is 0.345. The molecule has 2 nitrogen and oxygen atoms in total. The molecule has 16 heavy (non-hydrogen) atoms. The van der Waals surface area contributed by atoms with E-state index in [0.29, 0.717) is 0 Å². The maximum atomic E-state index is 5.39. The van der Waals surface area contributed by atoms with Crippen molar-refractivity contribution in [2.24, 2.45) is 5.73 Å².